The van der Waals surface area contributed by atoms with E-state index in [1.54, 1.807) is 18.5 Å². The van der Waals surface area contributed by atoms with Gasteiger partial charge in [-0.25, -0.2) is 9.78 Å². The highest BCUT2D eigenvalue weighted by Crippen LogP contribution is 2.22. The normalized spacial score (nSPS) is 10.0. The van der Waals surface area contributed by atoms with E-state index < -0.39 is 5.97 Å². The van der Waals surface area contributed by atoms with Crippen molar-refractivity contribution in [2.75, 3.05) is 0 Å². The summed E-state index contributed by atoms with van der Waals surface area (Å²) in [6.07, 6.45) is 3.32. The molecule has 2 aromatic rings. The zero-order chi connectivity index (χ0) is 9.97. The van der Waals surface area contributed by atoms with Gasteiger partial charge in [0.2, 0.25) is 0 Å². The molecule has 2 aromatic heterocycles. The number of hydrogen-bond acceptors (Lipinski definition) is 4. The molecule has 2 heterocycles. The van der Waals surface area contributed by atoms with Crippen LogP contribution >= 0.6 is 11.3 Å². The van der Waals surface area contributed by atoms with Gasteiger partial charge in [-0.05, 0) is 12.1 Å². The van der Waals surface area contributed by atoms with E-state index in [0.717, 1.165) is 5.56 Å². The molecule has 5 heteroatoms. The van der Waals surface area contributed by atoms with Crippen molar-refractivity contribution >= 4 is 17.3 Å². The van der Waals surface area contributed by atoms with Crippen LogP contribution in [0.5, 0.6) is 0 Å². The van der Waals surface area contributed by atoms with Crippen molar-refractivity contribution in [1.82, 2.24) is 9.97 Å². The highest BCUT2D eigenvalue weighted by atomic mass is 32.1. The predicted octanol–water partition coefficient (Wildman–Crippen LogP) is 1.90. The van der Waals surface area contributed by atoms with E-state index in [1.165, 1.54) is 16.7 Å². The van der Waals surface area contributed by atoms with Crippen molar-refractivity contribution < 1.29 is 9.90 Å². The van der Waals surface area contributed by atoms with E-state index in [9.17, 15) is 4.79 Å². The van der Waals surface area contributed by atoms with Crippen LogP contribution in [0.1, 0.15) is 10.5 Å². The number of thiazole rings is 1. The summed E-state index contributed by atoms with van der Waals surface area (Å²) in [6, 6.07) is 3.63. The van der Waals surface area contributed by atoms with Gasteiger partial charge in [0.25, 0.3) is 0 Å². The summed E-state index contributed by atoms with van der Waals surface area (Å²) in [5.74, 6) is -1.00. The van der Waals surface area contributed by atoms with E-state index in [4.69, 9.17) is 5.11 Å². The van der Waals surface area contributed by atoms with Crippen LogP contribution in [0.2, 0.25) is 0 Å². The van der Waals surface area contributed by atoms with Gasteiger partial charge in [0.15, 0.2) is 5.69 Å². The first kappa shape index (κ1) is 8.83. The van der Waals surface area contributed by atoms with E-state index in [2.05, 4.69) is 9.97 Å². The minimum atomic E-state index is -1.00. The third-order valence-corrected chi connectivity index (χ3v) is 2.52. The van der Waals surface area contributed by atoms with Gasteiger partial charge in [0, 0.05) is 23.3 Å². The molecule has 1 N–H and O–H groups in total. The lowest BCUT2D eigenvalue weighted by atomic mass is 10.3. The Morgan fingerprint density at radius 2 is 2.36 bits per heavy atom. The molecule has 0 atom stereocenters. The van der Waals surface area contributed by atoms with Crippen molar-refractivity contribution in [3.05, 3.63) is 35.6 Å². The molecule has 0 aromatic carbocycles. The summed E-state index contributed by atoms with van der Waals surface area (Å²) in [7, 11) is 0. The zero-order valence-electron chi connectivity index (χ0n) is 7.04. The fourth-order valence-electron chi connectivity index (χ4n) is 0.994. The van der Waals surface area contributed by atoms with Crippen LogP contribution < -0.4 is 0 Å². The average molecular weight is 206 g/mol. The lowest BCUT2D eigenvalue weighted by molar-refractivity contribution is 0.0691. The molecule has 0 unspecified atom stereocenters. The Morgan fingerprint density at radius 1 is 1.50 bits per heavy atom. The number of rotatable bonds is 2. The fourth-order valence-corrected chi connectivity index (χ4v) is 1.78. The topological polar surface area (TPSA) is 63.1 Å². The first-order chi connectivity index (χ1) is 6.77. The molecule has 0 radical (unpaired) electrons. The third-order valence-electron chi connectivity index (χ3n) is 1.63. The SMILES string of the molecule is O=C(O)c1csc(-c2cccnc2)n1. The number of carbonyl (C=O) groups is 1. The Morgan fingerprint density at radius 3 is 2.93 bits per heavy atom. The number of pyridine rings is 1. The number of carboxylic acids is 1. The Bertz CT molecular complexity index is 453. The third kappa shape index (κ3) is 1.62. The van der Waals surface area contributed by atoms with E-state index in [1.807, 2.05) is 6.07 Å². The fraction of sp³-hybridized carbons (Fsp3) is 0. The molecule has 0 saturated heterocycles. The molecule has 0 spiro atoms. The van der Waals surface area contributed by atoms with Gasteiger partial charge in [-0.2, -0.15) is 0 Å². The van der Waals surface area contributed by atoms with Gasteiger partial charge >= 0.3 is 5.97 Å². The first-order valence-electron chi connectivity index (χ1n) is 3.86. The lowest BCUT2D eigenvalue weighted by Crippen LogP contribution is -1.95. The van der Waals surface area contributed by atoms with E-state index >= 15 is 0 Å². The summed E-state index contributed by atoms with van der Waals surface area (Å²) in [5, 5.41) is 10.9. The monoisotopic (exact) mass is 206 g/mol. The quantitative estimate of drug-likeness (QED) is 0.815. The first-order valence-corrected chi connectivity index (χ1v) is 4.74. The number of hydrogen-bond donors (Lipinski definition) is 1. The number of aromatic nitrogens is 2. The molecule has 0 amide bonds. The lowest BCUT2D eigenvalue weighted by Gasteiger charge is -1.91. The maximum atomic E-state index is 10.6. The molecular formula is C9H6N2O2S. The molecule has 2 rings (SSSR count). The van der Waals surface area contributed by atoms with E-state index in [0.29, 0.717) is 5.01 Å². The standard InChI is InChI=1S/C9H6N2O2S/c12-9(13)7-5-14-8(11-7)6-2-1-3-10-4-6/h1-5H,(H,12,13). The molecule has 70 valence electrons. The van der Waals surface area contributed by atoms with Crippen LogP contribution in [0.4, 0.5) is 0 Å². The Hall–Kier alpha value is -1.75. The number of nitrogens with zero attached hydrogens (tertiary/aromatic N) is 2. The van der Waals surface area contributed by atoms with Crippen molar-refractivity contribution in [2.24, 2.45) is 0 Å². The number of aromatic carboxylic acids is 1. The van der Waals surface area contributed by atoms with Gasteiger partial charge in [-0.1, -0.05) is 0 Å². The Balaban J connectivity index is 2.39. The predicted molar refractivity (Wildman–Crippen MR) is 52.3 cm³/mol. The highest BCUT2D eigenvalue weighted by molar-refractivity contribution is 7.13. The molecule has 14 heavy (non-hydrogen) atoms. The second kappa shape index (κ2) is 3.55. The molecule has 0 aliphatic heterocycles. The van der Waals surface area contributed by atoms with E-state index in [-0.39, 0.29) is 5.69 Å². The zero-order valence-corrected chi connectivity index (χ0v) is 7.86. The molecule has 4 nitrogen and oxygen atoms in total. The summed E-state index contributed by atoms with van der Waals surface area (Å²) < 4.78 is 0. The highest BCUT2D eigenvalue weighted by Gasteiger charge is 2.09. The molecule has 0 bridgehead atoms. The summed E-state index contributed by atoms with van der Waals surface area (Å²) >= 11 is 1.30. The van der Waals surface area contributed by atoms with Gasteiger partial charge in [0.05, 0.1) is 0 Å². The van der Waals surface area contributed by atoms with Gasteiger partial charge in [-0.3, -0.25) is 4.98 Å². The van der Waals surface area contributed by atoms with Crippen molar-refractivity contribution in [3.63, 3.8) is 0 Å². The molecule has 0 fully saturated rings. The van der Waals surface area contributed by atoms with Gasteiger partial charge in [-0.15, -0.1) is 11.3 Å². The minimum Gasteiger partial charge on any atom is -0.476 e. The van der Waals surface area contributed by atoms with Gasteiger partial charge < -0.3 is 5.11 Å². The Labute approximate surface area is 83.9 Å². The maximum absolute atomic E-state index is 10.6. The average Bonchev–Trinajstić information content (AvgIpc) is 2.68. The summed E-state index contributed by atoms with van der Waals surface area (Å²) in [6.45, 7) is 0. The smallest absolute Gasteiger partial charge is 0.355 e. The summed E-state index contributed by atoms with van der Waals surface area (Å²) in [4.78, 5) is 18.5. The minimum absolute atomic E-state index is 0.0776. The second-order valence-electron chi connectivity index (χ2n) is 2.58. The molecule has 0 aliphatic carbocycles. The number of carboxylic acid groups (broad SMARTS) is 1. The summed E-state index contributed by atoms with van der Waals surface area (Å²) in [5.41, 5.74) is 0.916. The Kier molecular flexibility index (Phi) is 2.24. The van der Waals surface area contributed by atoms with Crippen LogP contribution in [-0.2, 0) is 0 Å². The second-order valence-corrected chi connectivity index (χ2v) is 3.44. The van der Waals surface area contributed by atoms with Crippen LogP contribution in [0, 0.1) is 0 Å². The molecular weight excluding hydrogens is 200 g/mol. The van der Waals surface area contributed by atoms with Crippen molar-refractivity contribution in [2.45, 2.75) is 0 Å². The van der Waals surface area contributed by atoms with Gasteiger partial charge in [0.1, 0.15) is 5.01 Å². The van der Waals surface area contributed by atoms with Crippen LogP contribution in [-0.4, -0.2) is 21.0 Å². The largest absolute Gasteiger partial charge is 0.476 e. The van der Waals surface area contributed by atoms with Crippen molar-refractivity contribution in [1.29, 1.82) is 0 Å². The van der Waals surface area contributed by atoms with Crippen LogP contribution in [0.3, 0.4) is 0 Å². The molecule has 0 saturated carbocycles. The van der Waals surface area contributed by atoms with Crippen LogP contribution in [0.15, 0.2) is 29.9 Å². The van der Waals surface area contributed by atoms with Crippen molar-refractivity contribution in [3.8, 4) is 10.6 Å². The maximum Gasteiger partial charge on any atom is 0.355 e. The van der Waals surface area contributed by atoms with Crippen LogP contribution in [0.25, 0.3) is 10.6 Å². The molecule has 0 aliphatic rings.